The number of benzene rings is 1. The molecule has 1 fully saturated rings. The lowest BCUT2D eigenvalue weighted by Crippen LogP contribution is -2.19. The summed E-state index contributed by atoms with van der Waals surface area (Å²) in [5.74, 6) is -0.712. The molecule has 1 atom stereocenters. The number of anilines is 1. The van der Waals surface area contributed by atoms with Crippen molar-refractivity contribution < 1.29 is 14.8 Å². The van der Waals surface area contributed by atoms with Gasteiger partial charge < -0.3 is 15.3 Å². The van der Waals surface area contributed by atoms with Crippen molar-refractivity contribution in [2.75, 3.05) is 32.0 Å². The first-order valence-electron chi connectivity index (χ1n) is 6.41. The number of carbonyl (C=O) groups is 1. The van der Waals surface area contributed by atoms with Crippen LogP contribution in [-0.4, -0.2) is 47.6 Å². The largest absolute Gasteiger partial charge is 0.478 e. The van der Waals surface area contributed by atoms with Crippen LogP contribution in [0.25, 0.3) is 0 Å². The summed E-state index contributed by atoms with van der Waals surface area (Å²) in [6, 6.07) is 3.92. The third kappa shape index (κ3) is 3.24. The zero-order chi connectivity index (χ0) is 14.7. The van der Waals surface area contributed by atoms with Crippen molar-refractivity contribution in [3.8, 4) is 0 Å². The Hall–Kier alpha value is -2.15. The minimum Gasteiger partial charge on any atom is -0.478 e. The summed E-state index contributed by atoms with van der Waals surface area (Å²) < 4.78 is 0. The van der Waals surface area contributed by atoms with Crippen molar-refractivity contribution in [2.24, 2.45) is 5.92 Å². The normalized spacial score (nSPS) is 18.9. The monoisotopic (exact) mass is 279 g/mol. The summed E-state index contributed by atoms with van der Waals surface area (Å²) >= 11 is 0. The number of hydrogen-bond donors (Lipinski definition) is 2. The minimum absolute atomic E-state index is 0.0807. The Morgan fingerprint density at radius 2 is 2.35 bits per heavy atom. The van der Waals surface area contributed by atoms with Gasteiger partial charge in [0.2, 0.25) is 0 Å². The lowest BCUT2D eigenvalue weighted by atomic mass is 10.1. The van der Waals surface area contributed by atoms with E-state index in [-0.39, 0.29) is 11.3 Å². The molecule has 0 spiro atoms. The number of aromatic carboxylic acids is 1. The lowest BCUT2D eigenvalue weighted by Gasteiger charge is -2.13. The fourth-order valence-electron chi connectivity index (χ4n) is 2.41. The van der Waals surface area contributed by atoms with E-state index in [2.05, 4.69) is 10.2 Å². The molecule has 1 aliphatic heterocycles. The van der Waals surface area contributed by atoms with Crippen LogP contribution in [0.2, 0.25) is 0 Å². The molecular weight excluding hydrogens is 262 g/mol. The van der Waals surface area contributed by atoms with Crippen LogP contribution in [0.3, 0.4) is 0 Å². The standard InChI is InChI=1S/C13H17N3O4/c1-15-5-4-9(8-15)7-14-11-3-2-10(13(17)18)6-12(11)16(19)20/h2-3,6,9,14H,4-5,7-8H2,1H3,(H,17,18). The molecule has 1 aromatic carbocycles. The number of nitrogens with zero attached hydrogens (tertiary/aromatic N) is 2. The summed E-state index contributed by atoms with van der Waals surface area (Å²) in [4.78, 5) is 23.5. The average molecular weight is 279 g/mol. The zero-order valence-electron chi connectivity index (χ0n) is 11.2. The molecule has 2 rings (SSSR count). The summed E-state index contributed by atoms with van der Waals surface area (Å²) in [7, 11) is 2.05. The molecule has 1 aliphatic rings. The fraction of sp³-hybridized carbons (Fsp3) is 0.462. The van der Waals surface area contributed by atoms with Gasteiger partial charge in [-0.15, -0.1) is 0 Å². The Morgan fingerprint density at radius 3 is 2.90 bits per heavy atom. The van der Waals surface area contributed by atoms with E-state index in [0.29, 0.717) is 18.2 Å². The predicted octanol–water partition coefficient (Wildman–Crippen LogP) is 1.66. The third-order valence-electron chi connectivity index (χ3n) is 3.51. The molecule has 0 amide bonds. The van der Waals surface area contributed by atoms with Crippen LogP contribution >= 0.6 is 0 Å². The van der Waals surface area contributed by atoms with Crippen LogP contribution in [0.15, 0.2) is 18.2 Å². The molecule has 0 saturated carbocycles. The highest BCUT2D eigenvalue weighted by Gasteiger charge is 2.21. The smallest absolute Gasteiger partial charge is 0.335 e. The number of nitro groups is 1. The van der Waals surface area contributed by atoms with Gasteiger partial charge in [0.25, 0.3) is 5.69 Å². The molecule has 7 heteroatoms. The van der Waals surface area contributed by atoms with Crippen molar-refractivity contribution in [1.29, 1.82) is 0 Å². The van der Waals surface area contributed by atoms with Gasteiger partial charge in [-0.25, -0.2) is 4.79 Å². The summed E-state index contributed by atoms with van der Waals surface area (Å²) in [6.45, 7) is 2.65. The zero-order valence-corrected chi connectivity index (χ0v) is 11.2. The first-order chi connectivity index (χ1) is 9.47. The molecule has 1 unspecified atom stereocenters. The second kappa shape index (κ2) is 5.87. The van der Waals surface area contributed by atoms with Gasteiger partial charge in [0.1, 0.15) is 5.69 Å². The van der Waals surface area contributed by atoms with Gasteiger partial charge >= 0.3 is 5.97 Å². The third-order valence-corrected chi connectivity index (χ3v) is 3.51. The Bertz CT molecular complexity index is 532. The number of carboxylic acid groups (broad SMARTS) is 1. The highest BCUT2D eigenvalue weighted by molar-refractivity contribution is 5.89. The lowest BCUT2D eigenvalue weighted by molar-refractivity contribution is -0.384. The fourth-order valence-corrected chi connectivity index (χ4v) is 2.41. The van der Waals surface area contributed by atoms with E-state index in [1.807, 2.05) is 7.05 Å². The van der Waals surface area contributed by atoms with Crippen LogP contribution < -0.4 is 5.32 Å². The van der Waals surface area contributed by atoms with Crippen molar-refractivity contribution in [3.63, 3.8) is 0 Å². The quantitative estimate of drug-likeness (QED) is 0.628. The Morgan fingerprint density at radius 1 is 1.60 bits per heavy atom. The Balaban J connectivity index is 2.10. The van der Waals surface area contributed by atoms with Crippen LogP contribution in [0, 0.1) is 16.0 Å². The number of rotatable bonds is 5. The van der Waals surface area contributed by atoms with Crippen LogP contribution in [0.5, 0.6) is 0 Å². The predicted molar refractivity (Wildman–Crippen MR) is 74.1 cm³/mol. The van der Waals surface area contributed by atoms with Gasteiger partial charge in [0, 0.05) is 19.2 Å². The summed E-state index contributed by atoms with van der Waals surface area (Å²) in [5.41, 5.74) is 0.0913. The number of nitrogens with one attached hydrogen (secondary N) is 1. The van der Waals surface area contributed by atoms with Crippen LogP contribution in [0.1, 0.15) is 16.8 Å². The van der Waals surface area contributed by atoms with Crippen molar-refractivity contribution >= 4 is 17.3 Å². The molecule has 0 bridgehead atoms. The van der Waals surface area contributed by atoms with E-state index in [4.69, 9.17) is 5.11 Å². The number of hydrogen-bond acceptors (Lipinski definition) is 5. The number of likely N-dealkylation sites (tertiary alicyclic amines) is 1. The molecule has 2 N–H and O–H groups in total. The number of nitro benzene ring substituents is 1. The SMILES string of the molecule is CN1CCC(CNc2ccc(C(=O)O)cc2[N+](=O)[O-])C1. The van der Waals surface area contributed by atoms with Crippen LogP contribution in [-0.2, 0) is 0 Å². The van der Waals surface area contributed by atoms with Gasteiger partial charge in [0.05, 0.1) is 10.5 Å². The van der Waals surface area contributed by atoms with E-state index < -0.39 is 10.9 Å². The molecular formula is C13H17N3O4. The Kier molecular flexibility index (Phi) is 4.19. The Labute approximate surface area is 116 Å². The molecule has 108 valence electrons. The van der Waals surface area contributed by atoms with E-state index in [9.17, 15) is 14.9 Å². The summed E-state index contributed by atoms with van der Waals surface area (Å²) in [5, 5.41) is 22.9. The van der Waals surface area contributed by atoms with Crippen molar-refractivity contribution in [2.45, 2.75) is 6.42 Å². The molecule has 0 aromatic heterocycles. The molecule has 1 saturated heterocycles. The summed E-state index contributed by atoms with van der Waals surface area (Å²) in [6.07, 6.45) is 1.06. The molecule has 0 aliphatic carbocycles. The molecule has 7 nitrogen and oxygen atoms in total. The molecule has 20 heavy (non-hydrogen) atoms. The van der Waals surface area contributed by atoms with Crippen molar-refractivity contribution in [3.05, 3.63) is 33.9 Å². The van der Waals surface area contributed by atoms with E-state index in [1.54, 1.807) is 0 Å². The van der Waals surface area contributed by atoms with Crippen LogP contribution in [0.4, 0.5) is 11.4 Å². The van der Waals surface area contributed by atoms with Crippen molar-refractivity contribution in [1.82, 2.24) is 4.90 Å². The van der Waals surface area contributed by atoms with Gasteiger partial charge in [-0.05, 0) is 38.1 Å². The van der Waals surface area contributed by atoms with E-state index in [1.165, 1.54) is 12.1 Å². The highest BCUT2D eigenvalue weighted by atomic mass is 16.6. The van der Waals surface area contributed by atoms with Gasteiger partial charge in [-0.2, -0.15) is 0 Å². The maximum atomic E-state index is 11.0. The number of carboxylic acids is 1. The highest BCUT2D eigenvalue weighted by Crippen LogP contribution is 2.26. The maximum Gasteiger partial charge on any atom is 0.335 e. The molecule has 1 aromatic rings. The van der Waals surface area contributed by atoms with E-state index in [0.717, 1.165) is 25.6 Å². The first-order valence-corrected chi connectivity index (χ1v) is 6.41. The minimum atomic E-state index is -1.17. The second-order valence-corrected chi connectivity index (χ2v) is 5.09. The maximum absolute atomic E-state index is 11.0. The average Bonchev–Trinajstić information content (AvgIpc) is 2.81. The van der Waals surface area contributed by atoms with Gasteiger partial charge in [0.15, 0.2) is 0 Å². The molecule has 1 heterocycles. The molecule has 0 radical (unpaired) electrons. The van der Waals surface area contributed by atoms with Gasteiger partial charge in [-0.3, -0.25) is 10.1 Å². The second-order valence-electron chi connectivity index (χ2n) is 5.09. The topological polar surface area (TPSA) is 95.7 Å². The first kappa shape index (κ1) is 14.3. The van der Waals surface area contributed by atoms with E-state index >= 15 is 0 Å². The van der Waals surface area contributed by atoms with Gasteiger partial charge in [-0.1, -0.05) is 0 Å².